The standard InChI is InChI=1S/C22H17Cl2FN2O3/c1-29-20-10-15(12-26-27-22(28)16-3-2-4-17(23)11-16)9-19(24)21(20)30-13-14-5-7-18(25)8-6-14/h2-12H,13H2,1H3,(H,27,28)/b26-12-. The monoisotopic (exact) mass is 446 g/mol. The minimum Gasteiger partial charge on any atom is -0.493 e. The van der Waals surface area contributed by atoms with E-state index in [0.717, 1.165) is 5.56 Å². The molecular weight excluding hydrogens is 430 g/mol. The molecule has 0 bridgehead atoms. The maximum absolute atomic E-state index is 13.0. The quantitative estimate of drug-likeness (QED) is 0.385. The second-order valence-electron chi connectivity index (χ2n) is 6.16. The Bertz CT molecular complexity index is 1070. The molecule has 0 radical (unpaired) electrons. The summed E-state index contributed by atoms with van der Waals surface area (Å²) in [6, 6.07) is 15.8. The molecule has 0 aromatic heterocycles. The highest BCUT2D eigenvalue weighted by molar-refractivity contribution is 6.32. The van der Waals surface area contributed by atoms with Crippen molar-refractivity contribution in [2.45, 2.75) is 6.61 Å². The number of hydrazone groups is 1. The molecule has 3 aromatic rings. The number of ether oxygens (including phenoxy) is 2. The predicted molar refractivity (Wildman–Crippen MR) is 115 cm³/mol. The van der Waals surface area contributed by atoms with Crippen LogP contribution in [0.25, 0.3) is 0 Å². The van der Waals surface area contributed by atoms with E-state index >= 15 is 0 Å². The summed E-state index contributed by atoms with van der Waals surface area (Å²) in [5, 5.41) is 4.70. The predicted octanol–water partition coefficient (Wildman–Crippen LogP) is 5.48. The van der Waals surface area contributed by atoms with Gasteiger partial charge in [-0.25, -0.2) is 9.82 Å². The zero-order chi connectivity index (χ0) is 21.5. The molecule has 1 N–H and O–H groups in total. The van der Waals surface area contributed by atoms with Gasteiger partial charge in [0, 0.05) is 10.6 Å². The van der Waals surface area contributed by atoms with Gasteiger partial charge in [-0.1, -0.05) is 41.4 Å². The van der Waals surface area contributed by atoms with Crippen LogP contribution in [0.2, 0.25) is 10.0 Å². The van der Waals surface area contributed by atoms with E-state index in [9.17, 15) is 9.18 Å². The normalized spacial score (nSPS) is 10.8. The second-order valence-corrected chi connectivity index (χ2v) is 7.00. The second kappa shape index (κ2) is 10.1. The highest BCUT2D eigenvalue weighted by Crippen LogP contribution is 2.36. The average molecular weight is 447 g/mol. The van der Waals surface area contributed by atoms with Crippen LogP contribution in [0.5, 0.6) is 11.5 Å². The summed E-state index contributed by atoms with van der Waals surface area (Å²) in [7, 11) is 1.48. The van der Waals surface area contributed by atoms with E-state index in [1.54, 1.807) is 48.5 Å². The third-order valence-corrected chi connectivity index (χ3v) is 4.53. The number of nitrogens with zero attached hydrogens (tertiary/aromatic N) is 1. The van der Waals surface area contributed by atoms with Crippen LogP contribution in [0.4, 0.5) is 4.39 Å². The lowest BCUT2D eigenvalue weighted by Crippen LogP contribution is -2.17. The zero-order valence-electron chi connectivity index (χ0n) is 15.9. The van der Waals surface area contributed by atoms with E-state index in [1.165, 1.54) is 25.5 Å². The molecule has 3 aromatic carbocycles. The molecule has 0 fully saturated rings. The van der Waals surface area contributed by atoms with Gasteiger partial charge in [-0.15, -0.1) is 0 Å². The number of hydrogen-bond donors (Lipinski definition) is 1. The molecule has 0 aliphatic rings. The minimum absolute atomic E-state index is 0.194. The van der Waals surface area contributed by atoms with Crippen LogP contribution in [0.15, 0.2) is 65.8 Å². The Hall–Kier alpha value is -3.09. The van der Waals surface area contributed by atoms with Crippen molar-refractivity contribution in [2.24, 2.45) is 5.10 Å². The molecule has 0 spiro atoms. The molecule has 0 aliphatic heterocycles. The largest absolute Gasteiger partial charge is 0.493 e. The zero-order valence-corrected chi connectivity index (χ0v) is 17.4. The molecule has 0 unspecified atom stereocenters. The van der Waals surface area contributed by atoms with E-state index < -0.39 is 5.91 Å². The van der Waals surface area contributed by atoms with Gasteiger partial charge in [0.2, 0.25) is 0 Å². The van der Waals surface area contributed by atoms with Crippen molar-refractivity contribution in [1.29, 1.82) is 0 Å². The van der Waals surface area contributed by atoms with E-state index in [4.69, 9.17) is 32.7 Å². The Kier molecular flexibility index (Phi) is 7.27. The van der Waals surface area contributed by atoms with Gasteiger partial charge in [-0.3, -0.25) is 4.79 Å². The van der Waals surface area contributed by atoms with Crippen LogP contribution in [0.3, 0.4) is 0 Å². The van der Waals surface area contributed by atoms with E-state index in [2.05, 4.69) is 10.5 Å². The van der Waals surface area contributed by atoms with E-state index in [0.29, 0.717) is 32.7 Å². The fourth-order valence-corrected chi connectivity index (χ4v) is 3.01. The number of amides is 1. The number of hydrogen-bond acceptors (Lipinski definition) is 4. The first-order valence-electron chi connectivity index (χ1n) is 8.80. The average Bonchev–Trinajstić information content (AvgIpc) is 2.73. The lowest BCUT2D eigenvalue weighted by molar-refractivity contribution is 0.0955. The molecule has 0 saturated heterocycles. The molecule has 3 rings (SSSR count). The molecule has 8 heteroatoms. The lowest BCUT2D eigenvalue weighted by atomic mass is 10.2. The topological polar surface area (TPSA) is 59.9 Å². The SMILES string of the molecule is COc1cc(/C=N\NC(=O)c2cccc(Cl)c2)cc(Cl)c1OCc1ccc(F)cc1. The summed E-state index contributed by atoms with van der Waals surface area (Å²) in [5.74, 6) is 0.0300. The van der Waals surface area contributed by atoms with Gasteiger partial charge in [0.15, 0.2) is 11.5 Å². The van der Waals surface area contributed by atoms with E-state index in [1.807, 2.05) is 0 Å². The van der Waals surface area contributed by atoms with Crippen LogP contribution in [-0.4, -0.2) is 19.2 Å². The van der Waals surface area contributed by atoms with Gasteiger partial charge in [0.05, 0.1) is 18.3 Å². The Morgan fingerprint density at radius 1 is 1.13 bits per heavy atom. The molecule has 1 amide bonds. The highest BCUT2D eigenvalue weighted by atomic mass is 35.5. The molecule has 154 valence electrons. The van der Waals surface area contributed by atoms with Crippen molar-refractivity contribution in [1.82, 2.24) is 5.43 Å². The smallest absolute Gasteiger partial charge is 0.271 e. The summed E-state index contributed by atoms with van der Waals surface area (Å²) in [6.45, 7) is 0.194. The first-order valence-corrected chi connectivity index (χ1v) is 9.55. The number of benzene rings is 3. The van der Waals surface area contributed by atoms with Crippen LogP contribution < -0.4 is 14.9 Å². The van der Waals surface area contributed by atoms with Gasteiger partial charge >= 0.3 is 0 Å². The van der Waals surface area contributed by atoms with Gasteiger partial charge in [0.25, 0.3) is 5.91 Å². The molecular formula is C22H17Cl2FN2O3. The fourth-order valence-electron chi connectivity index (χ4n) is 2.55. The van der Waals surface area contributed by atoms with Crippen molar-refractivity contribution in [3.05, 3.63) is 93.2 Å². The molecule has 30 heavy (non-hydrogen) atoms. The first kappa shape index (κ1) is 21.6. The van der Waals surface area contributed by atoms with Crippen LogP contribution in [0.1, 0.15) is 21.5 Å². The van der Waals surface area contributed by atoms with Crippen LogP contribution >= 0.6 is 23.2 Å². The third-order valence-electron chi connectivity index (χ3n) is 4.01. The summed E-state index contributed by atoms with van der Waals surface area (Å²) in [4.78, 5) is 12.1. The van der Waals surface area contributed by atoms with Crippen molar-refractivity contribution >= 4 is 35.3 Å². The third kappa shape index (κ3) is 5.72. The Morgan fingerprint density at radius 3 is 2.60 bits per heavy atom. The van der Waals surface area contributed by atoms with Crippen molar-refractivity contribution in [2.75, 3.05) is 7.11 Å². The van der Waals surface area contributed by atoms with Crippen molar-refractivity contribution in [3.8, 4) is 11.5 Å². The number of methoxy groups -OCH3 is 1. The maximum atomic E-state index is 13.0. The molecule has 0 saturated carbocycles. The molecule has 0 atom stereocenters. The van der Waals surface area contributed by atoms with Gasteiger partial charge in [0.1, 0.15) is 12.4 Å². The van der Waals surface area contributed by atoms with Crippen LogP contribution in [-0.2, 0) is 6.61 Å². The highest BCUT2D eigenvalue weighted by Gasteiger charge is 2.12. The Morgan fingerprint density at radius 2 is 1.90 bits per heavy atom. The fraction of sp³-hybridized carbons (Fsp3) is 0.0909. The number of rotatable bonds is 7. The molecule has 0 heterocycles. The van der Waals surface area contributed by atoms with Crippen molar-refractivity contribution < 1.29 is 18.7 Å². The molecule has 0 aliphatic carbocycles. The number of carbonyl (C=O) groups excluding carboxylic acids is 1. The summed E-state index contributed by atoms with van der Waals surface area (Å²) in [6.07, 6.45) is 1.43. The van der Waals surface area contributed by atoms with Crippen LogP contribution in [0, 0.1) is 5.82 Å². The number of carbonyl (C=O) groups is 1. The Balaban J connectivity index is 1.69. The van der Waals surface area contributed by atoms with Crippen molar-refractivity contribution in [3.63, 3.8) is 0 Å². The van der Waals surface area contributed by atoms with Gasteiger partial charge in [-0.2, -0.15) is 5.10 Å². The summed E-state index contributed by atoms with van der Waals surface area (Å²) >= 11 is 12.2. The van der Waals surface area contributed by atoms with E-state index in [-0.39, 0.29) is 12.4 Å². The summed E-state index contributed by atoms with van der Waals surface area (Å²) < 4.78 is 24.1. The number of nitrogens with one attached hydrogen (secondary N) is 1. The lowest BCUT2D eigenvalue weighted by Gasteiger charge is -2.13. The number of halogens is 3. The maximum Gasteiger partial charge on any atom is 0.271 e. The molecule has 5 nitrogen and oxygen atoms in total. The minimum atomic E-state index is -0.397. The van der Waals surface area contributed by atoms with Gasteiger partial charge in [-0.05, 0) is 53.6 Å². The Labute approximate surface area is 183 Å². The van der Waals surface area contributed by atoms with Gasteiger partial charge < -0.3 is 9.47 Å². The summed E-state index contributed by atoms with van der Waals surface area (Å²) in [5.41, 5.74) is 4.19. The first-order chi connectivity index (χ1) is 14.5.